The smallest absolute Gasteiger partial charge is 0.264 e. The van der Waals surface area contributed by atoms with E-state index in [0.717, 1.165) is 49.4 Å². The second-order valence-corrected chi connectivity index (χ2v) is 15.6. The molecule has 41 heavy (non-hydrogen) atoms. The molecular formula is C32H37ClN2O5S. The van der Waals surface area contributed by atoms with Crippen molar-refractivity contribution >= 4 is 33.2 Å². The van der Waals surface area contributed by atoms with Crippen LogP contribution < -0.4 is 14.4 Å². The molecule has 0 saturated heterocycles. The molecule has 0 radical (unpaired) electrons. The number of halogens is 1. The summed E-state index contributed by atoms with van der Waals surface area (Å²) in [5.74, 6) is 0.817. The minimum Gasteiger partial charge on any atom is -0.490 e. The first-order valence-corrected chi connectivity index (χ1v) is 16.7. The number of aryl methyl sites for hydroxylation is 1. The van der Waals surface area contributed by atoms with Gasteiger partial charge in [-0.1, -0.05) is 29.8 Å². The van der Waals surface area contributed by atoms with Gasteiger partial charge in [-0.25, -0.2) is 13.1 Å². The summed E-state index contributed by atoms with van der Waals surface area (Å²) in [5, 5.41) is 11.2. The van der Waals surface area contributed by atoms with Crippen molar-refractivity contribution in [3.63, 3.8) is 0 Å². The van der Waals surface area contributed by atoms with Gasteiger partial charge >= 0.3 is 0 Å². The Bertz CT molecular complexity index is 1540. The molecule has 6 atom stereocenters. The lowest BCUT2D eigenvalue weighted by atomic mass is 9.68. The normalized spacial score (nSPS) is 36.4. The molecule has 2 unspecified atom stereocenters. The highest BCUT2D eigenvalue weighted by atomic mass is 35.5. The molecular weight excluding hydrogens is 560 g/mol. The molecule has 7 nitrogen and oxygen atoms in total. The SMILES string of the molecule is C[C@H]1CC/C=C/[C@H](O)[C@@H]2CC3CC32CN2C[C@@]3(CCCc4cc(Cl)ccc43)COc3ccc(cc32)C(=O)NS1(=O)=O. The van der Waals surface area contributed by atoms with E-state index in [1.54, 1.807) is 25.1 Å². The van der Waals surface area contributed by atoms with E-state index < -0.39 is 27.3 Å². The quantitative estimate of drug-likeness (QED) is 0.416. The number of benzene rings is 2. The average molecular weight is 597 g/mol. The predicted molar refractivity (Wildman–Crippen MR) is 159 cm³/mol. The molecule has 3 aliphatic carbocycles. The molecule has 2 fully saturated rings. The summed E-state index contributed by atoms with van der Waals surface area (Å²) in [6, 6.07) is 11.4. The van der Waals surface area contributed by atoms with E-state index in [1.807, 2.05) is 18.2 Å². The topological polar surface area (TPSA) is 95.9 Å². The summed E-state index contributed by atoms with van der Waals surface area (Å²) in [7, 11) is -3.86. The van der Waals surface area contributed by atoms with Crippen LogP contribution in [-0.2, 0) is 21.9 Å². The van der Waals surface area contributed by atoms with Crippen molar-refractivity contribution in [1.29, 1.82) is 0 Å². The second kappa shape index (κ2) is 9.75. The van der Waals surface area contributed by atoms with Crippen LogP contribution >= 0.6 is 11.6 Å². The molecule has 218 valence electrons. The zero-order valence-corrected chi connectivity index (χ0v) is 24.9. The lowest BCUT2D eigenvalue weighted by molar-refractivity contribution is 0.0352. The predicted octanol–water partition coefficient (Wildman–Crippen LogP) is 5.00. The molecule has 1 amide bonds. The van der Waals surface area contributed by atoms with Crippen LogP contribution in [0.1, 0.15) is 66.9 Å². The number of sulfonamides is 1. The zero-order valence-electron chi connectivity index (χ0n) is 23.3. The fraction of sp³-hybridized carbons (Fsp3) is 0.531. The summed E-state index contributed by atoms with van der Waals surface area (Å²) in [6.07, 6.45) is 9.15. The number of carbonyl (C=O) groups is 1. The highest BCUT2D eigenvalue weighted by molar-refractivity contribution is 7.90. The lowest BCUT2D eigenvalue weighted by Gasteiger charge is -2.45. The Morgan fingerprint density at radius 1 is 1.17 bits per heavy atom. The summed E-state index contributed by atoms with van der Waals surface area (Å²) in [6.45, 7) is 3.59. The van der Waals surface area contributed by atoms with Crippen molar-refractivity contribution in [2.45, 2.75) is 68.6 Å². The van der Waals surface area contributed by atoms with Crippen LogP contribution in [0.15, 0.2) is 48.6 Å². The highest BCUT2D eigenvalue weighted by Gasteiger charge is 2.69. The minimum absolute atomic E-state index is 0.0238. The third-order valence-corrected chi connectivity index (χ3v) is 12.6. The van der Waals surface area contributed by atoms with Crippen LogP contribution in [0.25, 0.3) is 0 Å². The number of hydrogen-bond donors (Lipinski definition) is 2. The lowest BCUT2D eigenvalue weighted by Crippen LogP contribution is -2.50. The van der Waals surface area contributed by atoms with Gasteiger partial charge < -0.3 is 14.7 Å². The van der Waals surface area contributed by atoms with Crippen LogP contribution in [0.5, 0.6) is 5.75 Å². The number of aliphatic hydroxyl groups excluding tert-OH is 1. The maximum absolute atomic E-state index is 13.3. The van der Waals surface area contributed by atoms with Crippen LogP contribution in [0.2, 0.25) is 5.02 Å². The van der Waals surface area contributed by atoms with E-state index in [0.29, 0.717) is 43.2 Å². The number of nitrogens with one attached hydrogen (secondary N) is 1. The van der Waals surface area contributed by atoms with Crippen LogP contribution in [0, 0.1) is 17.3 Å². The van der Waals surface area contributed by atoms with Gasteiger partial charge in [0.15, 0.2) is 0 Å². The monoisotopic (exact) mass is 596 g/mol. The third-order valence-electron chi connectivity index (χ3n) is 10.6. The summed E-state index contributed by atoms with van der Waals surface area (Å²) >= 11 is 6.39. The molecule has 7 rings (SSSR count). The Balaban J connectivity index is 1.32. The zero-order chi connectivity index (χ0) is 28.6. The van der Waals surface area contributed by atoms with Gasteiger partial charge in [0.05, 0.1) is 23.6 Å². The van der Waals surface area contributed by atoms with Crippen molar-refractivity contribution in [1.82, 2.24) is 4.72 Å². The third kappa shape index (κ3) is 4.57. The van der Waals surface area contributed by atoms with Gasteiger partial charge in [0.1, 0.15) is 5.75 Å². The number of ether oxygens (including phenoxy) is 1. The molecule has 2 N–H and O–H groups in total. The summed E-state index contributed by atoms with van der Waals surface area (Å²) in [4.78, 5) is 15.6. The number of carbonyl (C=O) groups excluding carboxylic acids is 1. The Labute approximate surface area is 247 Å². The number of nitrogens with zero attached hydrogens (tertiary/aromatic N) is 1. The number of aliphatic hydroxyl groups is 1. The van der Waals surface area contributed by atoms with Gasteiger partial charge in [-0.15, -0.1) is 0 Å². The number of amides is 1. The van der Waals surface area contributed by atoms with Crippen molar-refractivity contribution < 1.29 is 23.1 Å². The largest absolute Gasteiger partial charge is 0.490 e. The van der Waals surface area contributed by atoms with E-state index in [4.69, 9.17) is 16.3 Å². The Hall–Kier alpha value is -2.55. The molecule has 9 heteroatoms. The van der Waals surface area contributed by atoms with E-state index in [2.05, 4.69) is 21.8 Å². The van der Waals surface area contributed by atoms with Gasteiger partial charge in [0, 0.05) is 29.1 Å². The minimum atomic E-state index is -3.86. The number of anilines is 1. The molecule has 2 aromatic rings. The van der Waals surface area contributed by atoms with Gasteiger partial charge in [0.25, 0.3) is 5.91 Å². The van der Waals surface area contributed by atoms with E-state index in [9.17, 15) is 18.3 Å². The molecule has 0 aromatic heterocycles. The maximum atomic E-state index is 13.3. The Morgan fingerprint density at radius 2 is 2.02 bits per heavy atom. The number of fused-ring (bicyclic) bond motifs is 3. The molecule has 2 spiro atoms. The molecule has 2 aromatic carbocycles. The van der Waals surface area contributed by atoms with Crippen LogP contribution in [0.4, 0.5) is 5.69 Å². The van der Waals surface area contributed by atoms with Crippen molar-refractivity contribution in [3.05, 3.63) is 70.3 Å². The van der Waals surface area contributed by atoms with E-state index in [1.165, 1.54) is 11.1 Å². The number of rotatable bonds is 0. The first-order chi connectivity index (χ1) is 19.6. The van der Waals surface area contributed by atoms with Crippen molar-refractivity contribution in [3.8, 4) is 5.75 Å². The number of allylic oxidation sites excluding steroid dienone is 1. The van der Waals surface area contributed by atoms with Crippen molar-refractivity contribution in [2.24, 2.45) is 17.3 Å². The summed E-state index contributed by atoms with van der Waals surface area (Å²) < 4.78 is 34.8. The average Bonchev–Trinajstić information content (AvgIpc) is 3.53. The molecule has 2 heterocycles. The fourth-order valence-electron chi connectivity index (χ4n) is 8.08. The van der Waals surface area contributed by atoms with Gasteiger partial charge in [-0.05, 0) is 111 Å². The Kier molecular flexibility index (Phi) is 6.49. The van der Waals surface area contributed by atoms with Crippen molar-refractivity contribution in [2.75, 3.05) is 24.6 Å². The summed E-state index contributed by atoms with van der Waals surface area (Å²) in [5.41, 5.74) is 3.40. The second-order valence-electron chi connectivity index (χ2n) is 13.0. The Morgan fingerprint density at radius 3 is 2.83 bits per heavy atom. The molecule has 2 bridgehead atoms. The molecule has 2 saturated carbocycles. The maximum Gasteiger partial charge on any atom is 0.264 e. The first-order valence-electron chi connectivity index (χ1n) is 14.8. The number of hydrogen-bond acceptors (Lipinski definition) is 6. The molecule has 5 aliphatic rings. The van der Waals surface area contributed by atoms with E-state index >= 15 is 0 Å². The van der Waals surface area contributed by atoms with Crippen LogP contribution in [-0.4, -0.2) is 50.5 Å². The van der Waals surface area contributed by atoms with Crippen LogP contribution in [0.3, 0.4) is 0 Å². The highest BCUT2D eigenvalue weighted by Crippen LogP contribution is 2.72. The standard InChI is InChI=1S/C32H37ClN2O5S/c1-20-5-2-3-7-28(36)26-15-23-16-32(23,26)18-35-17-31(12-4-6-21-13-24(33)9-10-25(21)31)19-40-29-11-8-22(14-27(29)35)30(37)34-41(20,38)39/h3,7-11,13-14,20,23,26,28,36H,2,4-6,12,15-19H2,1H3,(H,34,37)/b7-3+/t20-,23?,26-,28-,31-,32?/m0/s1. The molecule has 2 aliphatic heterocycles. The van der Waals surface area contributed by atoms with Gasteiger partial charge in [0.2, 0.25) is 10.0 Å². The van der Waals surface area contributed by atoms with E-state index in [-0.39, 0.29) is 16.7 Å². The van der Waals surface area contributed by atoms with Gasteiger partial charge in [-0.2, -0.15) is 0 Å². The van der Waals surface area contributed by atoms with Gasteiger partial charge in [-0.3, -0.25) is 4.79 Å². The first kappa shape index (κ1) is 27.3. The fourth-order valence-corrected chi connectivity index (χ4v) is 9.30.